The van der Waals surface area contributed by atoms with Crippen molar-refractivity contribution in [3.05, 3.63) is 70.9 Å². The van der Waals surface area contributed by atoms with Crippen LogP contribution in [0, 0.1) is 20.8 Å². The molecule has 0 bridgehead atoms. The quantitative estimate of drug-likeness (QED) is 0.706. The summed E-state index contributed by atoms with van der Waals surface area (Å²) in [6.07, 6.45) is 2.24. The third-order valence-corrected chi connectivity index (χ3v) is 5.06. The minimum absolute atomic E-state index is 0.768. The predicted molar refractivity (Wildman–Crippen MR) is 108 cm³/mol. The second-order valence-corrected chi connectivity index (χ2v) is 6.95. The molecular formula is C22H24N4. The van der Waals surface area contributed by atoms with Gasteiger partial charge in [0.05, 0.1) is 0 Å². The molecule has 26 heavy (non-hydrogen) atoms. The van der Waals surface area contributed by atoms with E-state index < -0.39 is 0 Å². The van der Waals surface area contributed by atoms with Crippen LogP contribution in [-0.4, -0.2) is 16.5 Å². The molecule has 0 atom stereocenters. The topological polar surface area (TPSA) is 41.1 Å². The van der Waals surface area contributed by atoms with E-state index in [2.05, 4.69) is 66.5 Å². The Morgan fingerprint density at radius 3 is 2.69 bits per heavy atom. The zero-order valence-electron chi connectivity index (χ0n) is 15.6. The van der Waals surface area contributed by atoms with Crippen molar-refractivity contribution in [2.24, 2.45) is 0 Å². The van der Waals surface area contributed by atoms with Gasteiger partial charge in [-0.15, -0.1) is 0 Å². The van der Waals surface area contributed by atoms with Gasteiger partial charge in [0.15, 0.2) is 0 Å². The van der Waals surface area contributed by atoms with Crippen molar-refractivity contribution in [3.8, 4) is 0 Å². The fourth-order valence-electron chi connectivity index (χ4n) is 3.50. The summed E-state index contributed by atoms with van der Waals surface area (Å²) in [6.45, 7) is 7.23. The van der Waals surface area contributed by atoms with Gasteiger partial charge in [0.1, 0.15) is 5.82 Å². The highest BCUT2D eigenvalue weighted by Gasteiger charge is 2.20. The van der Waals surface area contributed by atoms with Crippen molar-refractivity contribution in [2.45, 2.75) is 33.6 Å². The molecule has 1 N–H and O–H groups in total. The molecule has 0 saturated carbocycles. The number of aromatic nitrogens is 2. The summed E-state index contributed by atoms with van der Waals surface area (Å²) in [5.41, 5.74) is 7.16. The molecule has 4 heteroatoms. The first-order valence-electron chi connectivity index (χ1n) is 9.16. The van der Waals surface area contributed by atoms with Crippen molar-refractivity contribution >= 4 is 23.1 Å². The number of fused-ring (bicyclic) bond motifs is 1. The Bertz CT molecular complexity index is 949. The lowest BCUT2D eigenvalue weighted by Crippen LogP contribution is -2.26. The van der Waals surface area contributed by atoms with Gasteiger partial charge in [-0.05, 0) is 62.4 Å². The Morgan fingerprint density at radius 2 is 1.81 bits per heavy atom. The van der Waals surface area contributed by atoms with Crippen LogP contribution in [0.3, 0.4) is 0 Å². The third kappa shape index (κ3) is 3.15. The molecule has 0 radical (unpaired) electrons. The maximum atomic E-state index is 4.83. The van der Waals surface area contributed by atoms with E-state index in [-0.39, 0.29) is 0 Å². The van der Waals surface area contributed by atoms with Crippen LogP contribution < -0.4 is 10.2 Å². The molecule has 4 nitrogen and oxygen atoms in total. The number of anilines is 4. The van der Waals surface area contributed by atoms with Gasteiger partial charge in [-0.3, -0.25) is 0 Å². The Morgan fingerprint density at radius 1 is 0.962 bits per heavy atom. The standard InChI is InChI=1S/C22H24N4/c1-15-8-6-11-19(17(15)3)24-21-14-16(2)23-22(25-21)26-13-7-10-18-9-4-5-12-20(18)26/h4-6,8-9,11-12,14H,7,10,13H2,1-3H3,(H,23,24,25). The molecule has 2 heterocycles. The monoisotopic (exact) mass is 344 g/mol. The molecule has 1 aliphatic heterocycles. The second kappa shape index (κ2) is 6.79. The van der Waals surface area contributed by atoms with E-state index in [1.54, 1.807) is 0 Å². The number of nitrogens with one attached hydrogen (secondary N) is 1. The van der Waals surface area contributed by atoms with Gasteiger partial charge >= 0.3 is 0 Å². The van der Waals surface area contributed by atoms with Crippen molar-refractivity contribution in [1.29, 1.82) is 0 Å². The van der Waals surface area contributed by atoms with E-state index >= 15 is 0 Å². The van der Waals surface area contributed by atoms with Crippen molar-refractivity contribution in [1.82, 2.24) is 9.97 Å². The molecule has 0 aliphatic carbocycles. The highest BCUT2D eigenvalue weighted by molar-refractivity contribution is 5.67. The maximum Gasteiger partial charge on any atom is 0.232 e. The molecule has 0 fully saturated rings. The van der Waals surface area contributed by atoms with Crippen molar-refractivity contribution < 1.29 is 0 Å². The summed E-state index contributed by atoms with van der Waals surface area (Å²) in [7, 11) is 0. The lowest BCUT2D eigenvalue weighted by Gasteiger charge is -2.29. The Hall–Kier alpha value is -2.88. The largest absolute Gasteiger partial charge is 0.340 e. The smallest absolute Gasteiger partial charge is 0.232 e. The van der Waals surface area contributed by atoms with Crippen LogP contribution in [0.15, 0.2) is 48.5 Å². The van der Waals surface area contributed by atoms with Gasteiger partial charge in [-0.2, -0.15) is 4.98 Å². The molecule has 4 rings (SSSR count). The van der Waals surface area contributed by atoms with E-state index in [1.807, 2.05) is 13.0 Å². The normalized spacial score (nSPS) is 13.4. The molecule has 1 aliphatic rings. The zero-order valence-corrected chi connectivity index (χ0v) is 15.6. The molecule has 132 valence electrons. The average Bonchev–Trinajstić information content (AvgIpc) is 2.64. The number of nitrogens with zero attached hydrogens (tertiary/aromatic N) is 3. The second-order valence-electron chi connectivity index (χ2n) is 6.95. The Labute approximate surface area is 154 Å². The van der Waals surface area contributed by atoms with E-state index in [9.17, 15) is 0 Å². The summed E-state index contributed by atoms with van der Waals surface area (Å²) < 4.78 is 0. The number of benzene rings is 2. The first kappa shape index (κ1) is 16.6. The molecule has 3 aromatic rings. The molecule has 2 aromatic carbocycles. The van der Waals surface area contributed by atoms with Gasteiger partial charge in [-0.1, -0.05) is 30.3 Å². The number of rotatable bonds is 3. The average molecular weight is 344 g/mol. The van der Waals surface area contributed by atoms with Crippen LogP contribution in [0.25, 0.3) is 0 Å². The first-order valence-corrected chi connectivity index (χ1v) is 9.16. The Kier molecular flexibility index (Phi) is 4.33. The van der Waals surface area contributed by atoms with Gasteiger partial charge in [0.2, 0.25) is 5.95 Å². The van der Waals surface area contributed by atoms with Crippen LogP contribution in [-0.2, 0) is 6.42 Å². The van der Waals surface area contributed by atoms with Gasteiger partial charge in [0, 0.05) is 29.7 Å². The third-order valence-electron chi connectivity index (χ3n) is 5.06. The number of aryl methyl sites for hydroxylation is 3. The number of hydrogen-bond acceptors (Lipinski definition) is 4. The number of hydrogen-bond donors (Lipinski definition) is 1. The van der Waals surface area contributed by atoms with Crippen LogP contribution >= 0.6 is 0 Å². The van der Waals surface area contributed by atoms with E-state index in [1.165, 1.54) is 22.4 Å². The summed E-state index contributed by atoms with van der Waals surface area (Å²) in [4.78, 5) is 11.8. The van der Waals surface area contributed by atoms with Crippen molar-refractivity contribution in [2.75, 3.05) is 16.8 Å². The predicted octanol–water partition coefficient (Wildman–Crippen LogP) is 5.23. The molecule has 0 spiro atoms. The fourth-order valence-corrected chi connectivity index (χ4v) is 3.50. The van der Waals surface area contributed by atoms with E-state index in [0.717, 1.165) is 42.5 Å². The van der Waals surface area contributed by atoms with Gasteiger partial charge < -0.3 is 10.2 Å². The minimum atomic E-state index is 0.768. The van der Waals surface area contributed by atoms with E-state index in [0.29, 0.717) is 0 Å². The van der Waals surface area contributed by atoms with Crippen molar-refractivity contribution in [3.63, 3.8) is 0 Å². The van der Waals surface area contributed by atoms with E-state index in [4.69, 9.17) is 9.97 Å². The van der Waals surface area contributed by atoms with Crippen LogP contribution in [0.1, 0.15) is 28.8 Å². The van der Waals surface area contributed by atoms with Gasteiger partial charge in [-0.25, -0.2) is 4.98 Å². The minimum Gasteiger partial charge on any atom is -0.340 e. The zero-order chi connectivity index (χ0) is 18.1. The molecule has 0 amide bonds. The molecule has 0 unspecified atom stereocenters. The molecule has 1 aromatic heterocycles. The Balaban J connectivity index is 1.71. The highest BCUT2D eigenvalue weighted by atomic mass is 15.3. The summed E-state index contributed by atoms with van der Waals surface area (Å²) in [6, 6.07) is 16.8. The lowest BCUT2D eigenvalue weighted by atomic mass is 10.0. The maximum absolute atomic E-state index is 4.83. The lowest BCUT2D eigenvalue weighted by molar-refractivity contribution is 0.749. The highest BCUT2D eigenvalue weighted by Crippen LogP contribution is 2.32. The molecular weight excluding hydrogens is 320 g/mol. The summed E-state index contributed by atoms with van der Waals surface area (Å²) >= 11 is 0. The van der Waals surface area contributed by atoms with Crippen LogP contribution in [0.4, 0.5) is 23.1 Å². The molecule has 0 saturated heterocycles. The SMILES string of the molecule is Cc1cc(Nc2cccc(C)c2C)nc(N2CCCc3ccccc32)n1. The van der Waals surface area contributed by atoms with Gasteiger partial charge in [0.25, 0.3) is 0 Å². The first-order chi connectivity index (χ1) is 12.6. The summed E-state index contributed by atoms with van der Waals surface area (Å²) in [5, 5.41) is 3.48. The van der Waals surface area contributed by atoms with Crippen LogP contribution in [0.2, 0.25) is 0 Å². The summed E-state index contributed by atoms with van der Waals surface area (Å²) in [5.74, 6) is 1.61. The fraction of sp³-hybridized carbons (Fsp3) is 0.273. The number of para-hydroxylation sites is 1. The van der Waals surface area contributed by atoms with Crippen LogP contribution in [0.5, 0.6) is 0 Å².